The van der Waals surface area contributed by atoms with Gasteiger partial charge in [0.2, 0.25) is 15.9 Å². The third-order valence-electron chi connectivity index (χ3n) is 3.76. The van der Waals surface area contributed by atoms with Crippen molar-refractivity contribution >= 4 is 26.5 Å². The molecule has 6 heteroatoms. The van der Waals surface area contributed by atoms with Crippen LogP contribution in [0.3, 0.4) is 0 Å². The van der Waals surface area contributed by atoms with Crippen molar-refractivity contribution in [3.8, 4) is 11.6 Å². The number of rotatable bonds is 7. The molecule has 5 nitrogen and oxygen atoms in total. The number of sulfonamides is 1. The van der Waals surface area contributed by atoms with Gasteiger partial charge in [0.1, 0.15) is 11.4 Å². The topological polar surface area (TPSA) is 68.3 Å². The molecule has 3 aromatic rings. The summed E-state index contributed by atoms with van der Waals surface area (Å²) in [5.41, 5.74) is 0.339. The van der Waals surface area contributed by atoms with E-state index in [9.17, 15) is 8.42 Å². The smallest absolute Gasteiger partial charge is 0.243 e. The molecule has 0 spiro atoms. The van der Waals surface area contributed by atoms with Crippen LogP contribution in [0.5, 0.6) is 11.6 Å². The van der Waals surface area contributed by atoms with Gasteiger partial charge in [-0.2, -0.15) is 0 Å². The standard InChI is InChI=1S/C19H20N2O3S/c1-2-3-14-25(22,23)21-17-11-7-13-20-19(17)24-18-12-6-9-15-8-4-5-10-16(15)18/h4-13,21H,2-3,14H2,1H3. The summed E-state index contributed by atoms with van der Waals surface area (Å²) in [6.45, 7) is 1.95. The van der Waals surface area contributed by atoms with E-state index in [1.807, 2.05) is 49.4 Å². The SMILES string of the molecule is CCCCS(=O)(=O)Nc1cccnc1Oc1cccc2ccccc12. The Morgan fingerprint density at radius 2 is 1.84 bits per heavy atom. The predicted octanol–water partition coefficient (Wildman–Crippen LogP) is 4.57. The Morgan fingerprint density at radius 1 is 1.04 bits per heavy atom. The molecule has 1 N–H and O–H groups in total. The van der Waals surface area contributed by atoms with Gasteiger partial charge in [-0.1, -0.05) is 49.7 Å². The van der Waals surface area contributed by atoms with Crippen molar-refractivity contribution in [3.05, 3.63) is 60.8 Å². The molecule has 0 bridgehead atoms. The van der Waals surface area contributed by atoms with Crippen molar-refractivity contribution in [1.29, 1.82) is 0 Å². The van der Waals surface area contributed by atoms with Gasteiger partial charge in [0.25, 0.3) is 0 Å². The molecule has 2 aromatic carbocycles. The van der Waals surface area contributed by atoms with Gasteiger partial charge in [0.05, 0.1) is 5.75 Å². The van der Waals surface area contributed by atoms with Gasteiger partial charge in [0.15, 0.2) is 0 Å². The molecular weight excluding hydrogens is 336 g/mol. The highest BCUT2D eigenvalue weighted by atomic mass is 32.2. The quantitative estimate of drug-likeness (QED) is 0.673. The zero-order chi connectivity index (χ0) is 17.7. The molecule has 0 aliphatic rings. The van der Waals surface area contributed by atoms with Crippen LogP contribution >= 0.6 is 0 Å². The van der Waals surface area contributed by atoms with Crippen LogP contribution in [0.2, 0.25) is 0 Å². The number of nitrogens with one attached hydrogen (secondary N) is 1. The second kappa shape index (κ2) is 7.53. The van der Waals surface area contributed by atoms with Crippen LogP contribution in [-0.4, -0.2) is 19.2 Å². The molecule has 1 heterocycles. The first-order valence-corrected chi connectivity index (χ1v) is 9.85. The minimum Gasteiger partial charge on any atom is -0.436 e. The maximum atomic E-state index is 12.2. The number of hydrogen-bond donors (Lipinski definition) is 1. The lowest BCUT2D eigenvalue weighted by molar-refractivity contribution is 0.470. The van der Waals surface area contributed by atoms with Gasteiger partial charge in [-0.3, -0.25) is 4.72 Å². The predicted molar refractivity (Wildman–Crippen MR) is 101 cm³/mol. The Morgan fingerprint density at radius 3 is 2.68 bits per heavy atom. The highest BCUT2D eigenvalue weighted by molar-refractivity contribution is 7.92. The fourth-order valence-corrected chi connectivity index (χ4v) is 3.75. The van der Waals surface area contributed by atoms with E-state index in [1.54, 1.807) is 18.3 Å². The van der Waals surface area contributed by atoms with Crippen LogP contribution in [0.1, 0.15) is 19.8 Å². The molecule has 25 heavy (non-hydrogen) atoms. The van der Waals surface area contributed by atoms with Crippen molar-refractivity contribution in [2.75, 3.05) is 10.5 Å². The lowest BCUT2D eigenvalue weighted by Crippen LogP contribution is -2.17. The molecule has 0 saturated carbocycles. The van der Waals surface area contributed by atoms with E-state index in [0.29, 0.717) is 17.9 Å². The number of hydrogen-bond acceptors (Lipinski definition) is 4. The number of benzene rings is 2. The minimum absolute atomic E-state index is 0.0755. The monoisotopic (exact) mass is 356 g/mol. The maximum absolute atomic E-state index is 12.2. The Bertz CT molecular complexity index is 966. The van der Waals surface area contributed by atoms with Crippen molar-refractivity contribution in [1.82, 2.24) is 4.98 Å². The van der Waals surface area contributed by atoms with E-state index in [0.717, 1.165) is 17.2 Å². The van der Waals surface area contributed by atoms with Crippen LogP contribution in [0.15, 0.2) is 60.8 Å². The van der Waals surface area contributed by atoms with Crippen LogP contribution in [0.4, 0.5) is 5.69 Å². The van der Waals surface area contributed by atoms with E-state index >= 15 is 0 Å². The fourth-order valence-electron chi connectivity index (χ4n) is 2.49. The highest BCUT2D eigenvalue weighted by Crippen LogP contribution is 2.32. The number of fused-ring (bicyclic) bond motifs is 1. The molecule has 3 rings (SSSR count). The Labute approximate surface area is 147 Å². The van der Waals surface area contributed by atoms with Crippen LogP contribution in [0, 0.1) is 0 Å². The molecule has 0 fully saturated rings. The van der Waals surface area contributed by atoms with Gasteiger partial charge in [-0.05, 0) is 30.0 Å². The van der Waals surface area contributed by atoms with Gasteiger partial charge >= 0.3 is 0 Å². The van der Waals surface area contributed by atoms with E-state index in [-0.39, 0.29) is 11.6 Å². The summed E-state index contributed by atoms with van der Waals surface area (Å²) in [7, 11) is -3.42. The zero-order valence-corrected chi connectivity index (χ0v) is 14.8. The second-order valence-electron chi connectivity index (χ2n) is 5.71. The summed E-state index contributed by atoms with van der Waals surface area (Å²) < 4.78 is 32.9. The number of nitrogens with zero attached hydrogens (tertiary/aromatic N) is 1. The van der Waals surface area contributed by atoms with E-state index < -0.39 is 10.0 Å². The molecule has 0 amide bonds. The summed E-state index contributed by atoms with van der Waals surface area (Å²) in [4.78, 5) is 4.20. The van der Waals surface area contributed by atoms with Crippen molar-refractivity contribution in [2.24, 2.45) is 0 Å². The number of ether oxygens (including phenoxy) is 1. The fraction of sp³-hybridized carbons (Fsp3) is 0.211. The first-order chi connectivity index (χ1) is 12.1. The lowest BCUT2D eigenvalue weighted by atomic mass is 10.1. The third kappa shape index (κ3) is 4.28. The molecule has 0 unspecified atom stereocenters. The number of aromatic nitrogens is 1. The highest BCUT2D eigenvalue weighted by Gasteiger charge is 2.15. The van der Waals surface area contributed by atoms with E-state index in [4.69, 9.17) is 4.74 Å². The minimum atomic E-state index is -3.42. The number of pyridine rings is 1. The first-order valence-electron chi connectivity index (χ1n) is 8.20. The molecule has 0 aliphatic carbocycles. The Balaban J connectivity index is 1.91. The van der Waals surface area contributed by atoms with E-state index in [2.05, 4.69) is 9.71 Å². The van der Waals surface area contributed by atoms with Crippen LogP contribution in [0.25, 0.3) is 10.8 Å². The largest absolute Gasteiger partial charge is 0.436 e. The molecule has 0 radical (unpaired) electrons. The van der Waals surface area contributed by atoms with Gasteiger partial charge in [-0.15, -0.1) is 0 Å². The summed E-state index contributed by atoms with van der Waals surface area (Å²) >= 11 is 0. The van der Waals surface area contributed by atoms with Gasteiger partial charge in [-0.25, -0.2) is 13.4 Å². The normalized spacial score (nSPS) is 11.4. The molecule has 130 valence electrons. The molecule has 0 saturated heterocycles. The average Bonchev–Trinajstić information content (AvgIpc) is 2.62. The zero-order valence-electron chi connectivity index (χ0n) is 14.0. The second-order valence-corrected chi connectivity index (χ2v) is 7.55. The molecular formula is C19H20N2O3S. The number of unbranched alkanes of at least 4 members (excludes halogenated alkanes) is 1. The maximum Gasteiger partial charge on any atom is 0.243 e. The summed E-state index contributed by atoms with van der Waals surface area (Å²) in [6.07, 6.45) is 2.99. The van der Waals surface area contributed by atoms with Crippen LogP contribution < -0.4 is 9.46 Å². The average molecular weight is 356 g/mol. The summed E-state index contributed by atoms with van der Waals surface area (Å²) in [5, 5.41) is 1.98. The number of anilines is 1. The lowest BCUT2D eigenvalue weighted by Gasteiger charge is -2.13. The molecule has 0 atom stereocenters. The van der Waals surface area contributed by atoms with E-state index in [1.165, 1.54) is 0 Å². The van der Waals surface area contributed by atoms with Crippen molar-refractivity contribution in [3.63, 3.8) is 0 Å². The van der Waals surface area contributed by atoms with Crippen LogP contribution in [-0.2, 0) is 10.0 Å². The third-order valence-corrected chi connectivity index (χ3v) is 5.12. The van der Waals surface area contributed by atoms with Gasteiger partial charge in [0, 0.05) is 11.6 Å². The molecule has 0 aliphatic heterocycles. The molecule has 1 aromatic heterocycles. The van der Waals surface area contributed by atoms with Crippen molar-refractivity contribution in [2.45, 2.75) is 19.8 Å². The Kier molecular flexibility index (Phi) is 5.19. The summed E-state index contributed by atoms with van der Waals surface area (Å²) in [6, 6.07) is 16.9. The van der Waals surface area contributed by atoms with Gasteiger partial charge < -0.3 is 4.74 Å². The summed E-state index contributed by atoms with van der Waals surface area (Å²) in [5.74, 6) is 0.941. The first kappa shape index (κ1) is 17.2. The Hall–Kier alpha value is -2.60. The van der Waals surface area contributed by atoms with Crippen molar-refractivity contribution < 1.29 is 13.2 Å².